The second-order valence-electron chi connectivity index (χ2n) is 8.00. The van der Waals surface area contributed by atoms with E-state index in [-0.39, 0.29) is 22.5 Å². The number of nitrogens with zero attached hydrogens (tertiary/aromatic N) is 4. The quantitative estimate of drug-likeness (QED) is 0.536. The van der Waals surface area contributed by atoms with Crippen LogP contribution in [0, 0.1) is 6.92 Å². The van der Waals surface area contributed by atoms with Crippen LogP contribution in [-0.4, -0.2) is 52.2 Å². The van der Waals surface area contributed by atoms with Gasteiger partial charge >= 0.3 is 0 Å². The third-order valence-electron chi connectivity index (χ3n) is 5.25. The first kappa shape index (κ1) is 23.7. The number of nitrogens with one attached hydrogen (secondary N) is 1. The first-order chi connectivity index (χ1) is 14.7. The molecule has 0 spiro atoms. The lowest BCUT2D eigenvalue weighted by atomic mass is 10.2. The maximum atomic E-state index is 12.9. The summed E-state index contributed by atoms with van der Waals surface area (Å²) in [5, 5.41) is 12.2. The number of carbonyl (C=O) groups excluding carboxylic acids is 1. The topological polar surface area (TPSA) is 97.2 Å². The van der Waals surface area contributed by atoms with Crippen molar-refractivity contribution in [3.8, 4) is 0 Å². The maximum Gasteiger partial charge on any atom is 0.243 e. The van der Waals surface area contributed by atoms with Gasteiger partial charge in [0.1, 0.15) is 5.82 Å². The molecule has 0 unspecified atom stereocenters. The van der Waals surface area contributed by atoms with Crippen LogP contribution >= 0.6 is 11.8 Å². The Labute approximate surface area is 188 Å². The van der Waals surface area contributed by atoms with Gasteiger partial charge in [-0.3, -0.25) is 4.79 Å². The smallest absolute Gasteiger partial charge is 0.243 e. The molecule has 1 saturated carbocycles. The number of sulfonamides is 1. The van der Waals surface area contributed by atoms with Crippen molar-refractivity contribution in [1.82, 2.24) is 19.1 Å². The minimum absolute atomic E-state index is 0.176. The molecule has 1 aliphatic carbocycles. The van der Waals surface area contributed by atoms with E-state index < -0.39 is 10.0 Å². The summed E-state index contributed by atoms with van der Waals surface area (Å²) < 4.78 is 29.4. The summed E-state index contributed by atoms with van der Waals surface area (Å²) in [5.74, 6) is 1.19. The largest absolute Gasteiger partial charge is 0.325 e. The van der Waals surface area contributed by atoms with Crippen LogP contribution in [0.3, 0.4) is 0 Å². The Balaban J connectivity index is 1.71. The van der Waals surface area contributed by atoms with Crippen molar-refractivity contribution in [3.05, 3.63) is 29.6 Å². The summed E-state index contributed by atoms with van der Waals surface area (Å²) in [6, 6.07) is 5.42. The monoisotopic (exact) mass is 465 g/mol. The molecule has 1 fully saturated rings. The number of hydrogen-bond donors (Lipinski definition) is 1. The number of amides is 1. The average molecular weight is 466 g/mol. The van der Waals surface area contributed by atoms with Crippen LogP contribution < -0.4 is 5.32 Å². The first-order valence-electron chi connectivity index (χ1n) is 10.7. The lowest BCUT2D eigenvalue weighted by molar-refractivity contribution is -0.113. The van der Waals surface area contributed by atoms with Crippen LogP contribution in [0.5, 0.6) is 0 Å². The standard InChI is InChI=1S/C21H31N5O3S2/c1-6-25(7-2)31(28,29)18-12-16(9-8-15(18)5)22-19(27)13-30-21-24-23-20(14(3)4)26(21)17-10-11-17/h8-9,12,14,17H,6-7,10-11,13H2,1-5H3,(H,22,27). The number of aromatic nitrogens is 3. The molecule has 10 heteroatoms. The van der Waals surface area contributed by atoms with Gasteiger partial charge in [0.05, 0.1) is 10.6 Å². The van der Waals surface area contributed by atoms with Crippen LogP contribution in [0.2, 0.25) is 0 Å². The number of aryl methyl sites for hydroxylation is 1. The highest BCUT2D eigenvalue weighted by Gasteiger charge is 2.30. The van der Waals surface area contributed by atoms with Crippen molar-refractivity contribution < 1.29 is 13.2 Å². The first-order valence-corrected chi connectivity index (χ1v) is 13.1. The highest BCUT2D eigenvalue weighted by atomic mass is 32.2. The molecule has 3 rings (SSSR count). The van der Waals surface area contributed by atoms with E-state index in [4.69, 9.17) is 0 Å². The van der Waals surface area contributed by atoms with E-state index in [2.05, 4.69) is 33.9 Å². The van der Waals surface area contributed by atoms with Gasteiger partial charge in [0.2, 0.25) is 15.9 Å². The van der Waals surface area contributed by atoms with Crippen molar-refractivity contribution >= 4 is 33.4 Å². The molecule has 1 aliphatic rings. The van der Waals surface area contributed by atoms with Crippen molar-refractivity contribution in [1.29, 1.82) is 0 Å². The number of thioether (sulfide) groups is 1. The van der Waals surface area contributed by atoms with Gasteiger partial charge in [-0.2, -0.15) is 4.31 Å². The van der Waals surface area contributed by atoms with Gasteiger partial charge in [-0.05, 0) is 37.5 Å². The summed E-state index contributed by atoms with van der Waals surface area (Å²) in [4.78, 5) is 12.8. The Morgan fingerprint density at radius 1 is 1.26 bits per heavy atom. The number of anilines is 1. The highest BCUT2D eigenvalue weighted by molar-refractivity contribution is 7.99. The zero-order valence-electron chi connectivity index (χ0n) is 18.8. The summed E-state index contributed by atoms with van der Waals surface area (Å²) >= 11 is 1.36. The molecule has 1 heterocycles. The van der Waals surface area contributed by atoms with E-state index in [9.17, 15) is 13.2 Å². The lowest BCUT2D eigenvalue weighted by Crippen LogP contribution is -2.31. The normalized spacial score (nSPS) is 14.4. The predicted molar refractivity (Wildman–Crippen MR) is 123 cm³/mol. The Morgan fingerprint density at radius 2 is 1.94 bits per heavy atom. The third kappa shape index (κ3) is 5.30. The van der Waals surface area contributed by atoms with Crippen molar-refractivity contribution in [3.63, 3.8) is 0 Å². The molecule has 1 amide bonds. The average Bonchev–Trinajstić information content (AvgIpc) is 3.46. The van der Waals surface area contributed by atoms with Gasteiger partial charge in [-0.15, -0.1) is 10.2 Å². The second-order valence-corrected chi connectivity index (χ2v) is 10.9. The number of benzene rings is 1. The Bertz CT molecular complexity index is 1040. The second kappa shape index (κ2) is 9.70. The van der Waals surface area contributed by atoms with Gasteiger partial charge in [0, 0.05) is 30.7 Å². The van der Waals surface area contributed by atoms with E-state index in [1.807, 2.05) is 13.8 Å². The van der Waals surface area contributed by atoms with Crippen molar-refractivity contribution in [2.45, 2.75) is 69.5 Å². The molecule has 1 aromatic carbocycles. The number of hydrogen-bond acceptors (Lipinski definition) is 6. The Hall–Kier alpha value is -1.91. The summed E-state index contributed by atoms with van der Waals surface area (Å²) in [7, 11) is -3.60. The lowest BCUT2D eigenvalue weighted by Gasteiger charge is -2.20. The molecule has 1 N–H and O–H groups in total. The highest BCUT2D eigenvalue weighted by Crippen LogP contribution is 2.40. The molecule has 0 aliphatic heterocycles. The van der Waals surface area contributed by atoms with Gasteiger partial charge < -0.3 is 9.88 Å². The van der Waals surface area contributed by atoms with E-state index in [1.165, 1.54) is 22.1 Å². The molecular weight excluding hydrogens is 434 g/mol. The summed E-state index contributed by atoms with van der Waals surface area (Å²) in [5.41, 5.74) is 1.12. The number of carbonyl (C=O) groups is 1. The number of rotatable bonds is 10. The van der Waals surface area contributed by atoms with Crippen LogP contribution in [-0.2, 0) is 14.8 Å². The molecule has 31 heavy (non-hydrogen) atoms. The molecule has 1 aromatic heterocycles. The zero-order valence-corrected chi connectivity index (χ0v) is 20.4. The Morgan fingerprint density at radius 3 is 2.52 bits per heavy atom. The van der Waals surface area contributed by atoms with Crippen LogP contribution in [0.1, 0.15) is 63.9 Å². The molecule has 0 radical (unpaired) electrons. The van der Waals surface area contributed by atoms with Crippen LogP contribution in [0.4, 0.5) is 5.69 Å². The third-order valence-corrected chi connectivity index (χ3v) is 8.38. The van der Waals surface area contributed by atoms with E-state index in [1.54, 1.807) is 19.1 Å². The fourth-order valence-electron chi connectivity index (χ4n) is 3.44. The SMILES string of the molecule is CCN(CC)S(=O)(=O)c1cc(NC(=O)CSc2nnc(C(C)C)n2C2CC2)ccc1C. The van der Waals surface area contributed by atoms with Crippen molar-refractivity contribution in [2.75, 3.05) is 24.2 Å². The van der Waals surface area contributed by atoms with E-state index in [0.29, 0.717) is 30.4 Å². The van der Waals surface area contributed by atoms with Gasteiger partial charge in [0.15, 0.2) is 5.16 Å². The maximum absolute atomic E-state index is 12.9. The molecule has 0 saturated heterocycles. The summed E-state index contributed by atoms with van der Waals surface area (Å²) in [6.07, 6.45) is 2.23. The fraction of sp³-hybridized carbons (Fsp3) is 0.571. The Kier molecular flexibility index (Phi) is 7.43. The van der Waals surface area contributed by atoms with Gasteiger partial charge in [-0.1, -0.05) is 45.5 Å². The summed E-state index contributed by atoms with van der Waals surface area (Å²) in [6.45, 7) is 10.3. The van der Waals surface area contributed by atoms with Gasteiger partial charge in [0.25, 0.3) is 0 Å². The minimum Gasteiger partial charge on any atom is -0.325 e. The molecule has 0 bridgehead atoms. The van der Waals surface area contributed by atoms with Crippen LogP contribution in [0.15, 0.2) is 28.3 Å². The minimum atomic E-state index is -3.60. The van der Waals surface area contributed by atoms with E-state index >= 15 is 0 Å². The zero-order chi connectivity index (χ0) is 22.8. The van der Waals surface area contributed by atoms with Crippen LogP contribution in [0.25, 0.3) is 0 Å². The fourth-order valence-corrected chi connectivity index (χ4v) is 5.96. The molecule has 0 atom stereocenters. The molecule has 170 valence electrons. The molecule has 2 aromatic rings. The molecular formula is C21H31N5O3S2. The van der Waals surface area contributed by atoms with Gasteiger partial charge in [-0.25, -0.2) is 8.42 Å². The van der Waals surface area contributed by atoms with Crippen molar-refractivity contribution in [2.24, 2.45) is 0 Å². The molecule has 8 nitrogen and oxygen atoms in total. The van der Waals surface area contributed by atoms with E-state index in [0.717, 1.165) is 23.8 Å². The predicted octanol–water partition coefficient (Wildman–Crippen LogP) is 3.81.